The number of benzene rings is 2. The molecule has 0 bridgehead atoms. The SMILES string of the molecule is CCNC(=NCc1cccc(C(N)=O)c1)NCCc1ccccc1. The first-order chi connectivity index (χ1) is 11.7. The van der Waals surface area contributed by atoms with Gasteiger partial charge in [0.1, 0.15) is 0 Å². The van der Waals surface area contributed by atoms with E-state index in [2.05, 4.69) is 27.8 Å². The summed E-state index contributed by atoms with van der Waals surface area (Å²) in [7, 11) is 0. The summed E-state index contributed by atoms with van der Waals surface area (Å²) < 4.78 is 0. The quantitative estimate of drug-likeness (QED) is 0.539. The molecule has 0 spiro atoms. The van der Waals surface area contributed by atoms with E-state index >= 15 is 0 Å². The molecule has 5 heteroatoms. The summed E-state index contributed by atoms with van der Waals surface area (Å²) in [5.41, 5.74) is 8.05. The van der Waals surface area contributed by atoms with Gasteiger partial charge in [-0.15, -0.1) is 0 Å². The molecule has 126 valence electrons. The normalized spacial score (nSPS) is 11.1. The fourth-order valence-electron chi connectivity index (χ4n) is 2.30. The number of nitrogens with zero attached hydrogens (tertiary/aromatic N) is 1. The molecule has 0 aliphatic carbocycles. The van der Waals surface area contributed by atoms with E-state index in [1.54, 1.807) is 12.1 Å². The molecule has 0 saturated heterocycles. The lowest BCUT2D eigenvalue weighted by molar-refractivity contribution is 0.1000. The lowest BCUT2D eigenvalue weighted by atomic mass is 10.1. The van der Waals surface area contributed by atoms with Gasteiger partial charge in [-0.05, 0) is 36.6 Å². The Morgan fingerprint density at radius 3 is 2.50 bits per heavy atom. The van der Waals surface area contributed by atoms with Gasteiger partial charge in [-0.1, -0.05) is 42.5 Å². The van der Waals surface area contributed by atoms with Crippen molar-refractivity contribution in [2.45, 2.75) is 19.9 Å². The minimum Gasteiger partial charge on any atom is -0.366 e. The number of carbonyl (C=O) groups is 1. The summed E-state index contributed by atoms with van der Waals surface area (Å²) in [6, 6.07) is 17.6. The smallest absolute Gasteiger partial charge is 0.248 e. The number of hydrogen-bond acceptors (Lipinski definition) is 2. The first-order valence-corrected chi connectivity index (χ1v) is 8.14. The van der Waals surface area contributed by atoms with Crippen molar-refractivity contribution < 1.29 is 4.79 Å². The molecule has 0 fully saturated rings. The fraction of sp³-hybridized carbons (Fsp3) is 0.263. The minimum absolute atomic E-state index is 0.422. The van der Waals surface area contributed by atoms with Crippen LogP contribution in [0.15, 0.2) is 59.6 Å². The third-order valence-electron chi connectivity index (χ3n) is 3.52. The lowest BCUT2D eigenvalue weighted by Crippen LogP contribution is -2.38. The predicted molar refractivity (Wildman–Crippen MR) is 97.9 cm³/mol. The van der Waals surface area contributed by atoms with Gasteiger partial charge in [0.15, 0.2) is 5.96 Å². The molecule has 4 N–H and O–H groups in total. The maximum atomic E-state index is 11.2. The topological polar surface area (TPSA) is 79.5 Å². The molecular weight excluding hydrogens is 300 g/mol. The highest BCUT2D eigenvalue weighted by molar-refractivity contribution is 5.92. The zero-order valence-corrected chi connectivity index (χ0v) is 14.0. The number of carbonyl (C=O) groups excluding carboxylic acids is 1. The van der Waals surface area contributed by atoms with Crippen molar-refractivity contribution >= 4 is 11.9 Å². The number of rotatable bonds is 7. The maximum absolute atomic E-state index is 11.2. The molecule has 0 heterocycles. The largest absolute Gasteiger partial charge is 0.366 e. The summed E-state index contributed by atoms with van der Waals surface area (Å²) in [4.78, 5) is 15.8. The summed E-state index contributed by atoms with van der Waals surface area (Å²) in [6.07, 6.45) is 0.933. The van der Waals surface area contributed by atoms with Crippen LogP contribution in [0.25, 0.3) is 0 Å². The van der Waals surface area contributed by atoms with Crippen molar-refractivity contribution in [3.63, 3.8) is 0 Å². The van der Waals surface area contributed by atoms with Gasteiger partial charge in [-0.3, -0.25) is 4.79 Å². The minimum atomic E-state index is -0.422. The van der Waals surface area contributed by atoms with Gasteiger partial charge in [0.2, 0.25) is 5.91 Å². The van der Waals surface area contributed by atoms with Crippen molar-refractivity contribution in [3.8, 4) is 0 Å². The van der Waals surface area contributed by atoms with Gasteiger partial charge >= 0.3 is 0 Å². The second kappa shape index (κ2) is 9.35. The van der Waals surface area contributed by atoms with Crippen LogP contribution < -0.4 is 16.4 Å². The highest BCUT2D eigenvalue weighted by atomic mass is 16.1. The molecule has 0 aromatic heterocycles. The monoisotopic (exact) mass is 324 g/mol. The van der Waals surface area contributed by atoms with Gasteiger partial charge < -0.3 is 16.4 Å². The Hall–Kier alpha value is -2.82. The highest BCUT2D eigenvalue weighted by Crippen LogP contribution is 2.06. The van der Waals surface area contributed by atoms with Crippen molar-refractivity contribution in [2.24, 2.45) is 10.7 Å². The average molecular weight is 324 g/mol. The van der Waals surface area contributed by atoms with E-state index in [-0.39, 0.29) is 0 Å². The Bertz CT molecular complexity index is 683. The van der Waals surface area contributed by atoms with Crippen molar-refractivity contribution in [3.05, 3.63) is 71.3 Å². The summed E-state index contributed by atoms with van der Waals surface area (Å²) in [6.45, 7) is 4.11. The molecule has 24 heavy (non-hydrogen) atoms. The lowest BCUT2D eigenvalue weighted by Gasteiger charge is -2.11. The Balaban J connectivity index is 1.92. The number of hydrogen-bond donors (Lipinski definition) is 3. The van der Waals surface area contributed by atoms with Gasteiger partial charge in [0.05, 0.1) is 6.54 Å². The van der Waals surface area contributed by atoms with E-state index in [0.29, 0.717) is 12.1 Å². The Morgan fingerprint density at radius 1 is 1.04 bits per heavy atom. The Kier molecular flexibility index (Phi) is 6.83. The van der Waals surface area contributed by atoms with Gasteiger partial charge in [-0.2, -0.15) is 0 Å². The van der Waals surface area contributed by atoms with Crippen molar-refractivity contribution in [2.75, 3.05) is 13.1 Å². The molecule has 0 aliphatic rings. The van der Waals surface area contributed by atoms with Crippen LogP contribution in [0, 0.1) is 0 Å². The molecular formula is C19H24N4O. The van der Waals surface area contributed by atoms with Crippen molar-refractivity contribution in [1.82, 2.24) is 10.6 Å². The maximum Gasteiger partial charge on any atom is 0.248 e. The zero-order chi connectivity index (χ0) is 17.2. The summed E-state index contributed by atoms with van der Waals surface area (Å²) >= 11 is 0. The second-order valence-corrected chi connectivity index (χ2v) is 5.42. The molecule has 2 aromatic rings. The molecule has 5 nitrogen and oxygen atoms in total. The number of aliphatic imine (C=N–C) groups is 1. The van der Waals surface area contributed by atoms with E-state index in [0.717, 1.165) is 31.0 Å². The summed E-state index contributed by atoms with van der Waals surface area (Å²) in [5.74, 6) is 0.339. The van der Waals surface area contributed by atoms with Gasteiger partial charge in [0.25, 0.3) is 0 Å². The first-order valence-electron chi connectivity index (χ1n) is 8.14. The number of nitrogens with one attached hydrogen (secondary N) is 2. The van der Waals surface area contributed by atoms with Crippen LogP contribution in [0.4, 0.5) is 0 Å². The van der Waals surface area contributed by atoms with Crippen LogP contribution >= 0.6 is 0 Å². The number of primary amides is 1. The second-order valence-electron chi connectivity index (χ2n) is 5.42. The van der Waals surface area contributed by atoms with E-state index in [4.69, 9.17) is 5.73 Å². The van der Waals surface area contributed by atoms with Crippen LogP contribution in [-0.2, 0) is 13.0 Å². The Labute approximate surface area is 143 Å². The fourth-order valence-corrected chi connectivity index (χ4v) is 2.30. The van der Waals surface area contributed by atoms with Crippen LogP contribution in [0.2, 0.25) is 0 Å². The predicted octanol–water partition coefficient (Wildman–Crippen LogP) is 2.08. The van der Waals surface area contributed by atoms with Crippen LogP contribution in [0.3, 0.4) is 0 Å². The van der Waals surface area contributed by atoms with E-state index < -0.39 is 5.91 Å². The molecule has 0 atom stereocenters. The van der Waals surface area contributed by atoms with E-state index in [9.17, 15) is 4.79 Å². The third-order valence-corrected chi connectivity index (χ3v) is 3.52. The number of nitrogens with two attached hydrogens (primary N) is 1. The zero-order valence-electron chi connectivity index (χ0n) is 14.0. The molecule has 1 amide bonds. The van der Waals surface area contributed by atoms with Crippen LogP contribution in [0.5, 0.6) is 0 Å². The summed E-state index contributed by atoms with van der Waals surface area (Å²) in [5, 5.41) is 6.55. The first kappa shape index (κ1) is 17.5. The molecule has 0 radical (unpaired) electrons. The molecule has 0 unspecified atom stereocenters. The molecule has 2 rings (SSSR count). The molecule has 0 saturated carbocycles. The number of amides is 1. The third kappa shape index (κ3) is 5.76. The number of guanidine groups is 1. The van der Waals surface area contributed by atoms with Gasteiger partial charge in [-0.25, -0.2) is 4.99 Å². The highest BCUT2D eigenvalue weighted by Gasteiger charge is 2.02. The average Bonchev–Trinajstić information content (AvgIpc) is 2.61. The standard InChI is InChI=1S/C19H24N4O/c1-2-21-19(22-12-11-15-7-4-3-5-8-15)23-14-16-9-6-10-17(13-16)18(20)24/h3-10,13H,2,11-12,14H2,1H3,(H2,20,24)(H2,21,22,23). The van der Waals surface area contributed by atoms with Crippen molar-refractivity contribution in [1.29, 1.82) is 0 Å². The molecule has 0 aliphatic heterocycles. The van der Waals surface area contributed by atoms with Gasteiger partial charge in [0, 0.05) is 18.7 Å². The molecule has 2 aromatic carbocycles. The van der Waals surface area contributed by atoms with Crippen LogP contribution in [0.1, 0.15) is 28.4 Å². The van der Waals surface area contributed by atoms with Crippen LogP contribution in [-0.4, -0.2) is 25.0 Å². The van der Waals surface area contributed by atoms with E-state index in [1.807, 2.05) is 37.3 Å². The Morgan fingerprint density at radius 2 is 1.79 bits per heavy atom. The van der Waals surface area contributed by atoms with E-state index in [1.165, 1.54) is 5.56 Å².